The van der Waals surface area contributed by atoms with Gasteiger partial charge in [0, 0.05) is 6.04 Å². The van der Waals surface area contributed by atoms with Gasteiger partial charge in [0.25, 0.3) is 0 Å². The van der Waals surface area contributed by atoms with Gasteiger partial charge in [0.05, 0.1) is 0 Å². The summed E-state index contributed by atoms with van der Waals surface area (Å²) < 4.78 is 0. The predicted molar refractivity (Wildman–Crippen MR) is 49.6 cm³/mol. The van der Waals surface area contributed by atoms with Crippen LogP contribution >= 0.6 is 0 Å². The lowest BCUT2D eigenvalue weighted by atomic mass is 9.93. The van der Waals surface area contributed by atoms with Gasteiger partial charge in [-0.15, -0.1) is 0 Å². The first kappa shape index (κ1) is 9.05. The Morgan fingerprint density at radius 1 is 1.45 bits per heavy atom. The molecule has 1 aliphatic heterocycles. The van der Waals surface area contributed by atoms with Crippen LogP contribution in [0.1, 0.15) is 40.0 Å². The van der Waals surface area contributed by atoms with Crippen molar-refractivity contribution in [1.82, 2.24) is 5.32 Å². The van der Waals surface area contributed by atoms with Crippen molar-refractivity contribution in [1.29, 1.82) is 0 Å². The summed E-state index contributed by atoms with van der Waals surface area (Å²) in [5.41, 5.74) is 0. The third kappa shape index (κ3) is 2.82. The fourth-order valence-electron chi connectivity index (χ4n) is 1.85. The van der Waals surface area contributed by atoms with E-state index in [1.807, 2.05) is 0 Å². The maximum atomic E-state index is 3.49. The molecule has 1 fully saturated rings. The second-order valence-electron chi connectivity index (χ2n) is 4.26. The lowest BCUT2D eigenvalue weighted by Gasteiger charge is -2.15. The smallest absolute Gasteiger partial charge is 0.00674 e. The lowest BCUT2D eigenvalue weighted by molar-refractivity contribution is 0.397. The molecule has 1 rings (SSSR count). The van der Waals surface area contributed by atoms with Crippen molar-refractivity contribution in [2.45, 2.75) is 46.1 Å². The van der Waals surface area contributed by atoms with E-state index in [0.717, 1.165) is 17.9 Å². The van der Waals surface area contributed by atoms with Crippen molar-refractivity contribution < 1.29 is 0 Å². The maximum absolute atomic E-state index is 3.49. The van der Waals surface area contributed by atoms with E-state index in [1.54, 1.807) is 0 Å². The van der Waals surface area contributed by atoms with E-state index in [2.05, 4.69) is 26.1 Å². The predicted octanol–water partition coefficient (Wildman–Crippen LogP) is 2.42. The molecule has 0 aromatic carbocycles. The van der Waals surface area contributed by atoms with Crippen molar-refractivity contribution >= 4 is 0 Å². The largest absolute Gasteiger partial charge is 0.314 e. The van der Waals surface area contributed by atoms with Crippen LogP contribution in [0.2, 0.25) is 0 Å². The summed E-state index contributed by atoms with van der Waals surface area (Å²) in [6, 6.07) is 0.772. The number of hydrogen-bond acceptors (Lipinski definition) is 1. The SMILES string of the molecule is CC(C)CCC1CCNC1C. The van der Waals surface area contributed by atoms with Crippen molar-refractivity contribution in [3.63, 3.8) is 0 Å². The van der Waals surface area contributed by atoms with Crippen LogP contribution in [0, 0.1) is 11.8 Å². The standard InChI is InChI=1S/C10H21N/c1-8(2)4-5-10-6-7-11-9(10)3/h8-11H,4-7H2,1-3H3. The topological polar surface area (TPSA) is 12.0 Å². The maximum Gasteiger partial charge on any atom is 0.00674 e. The molecule has 0 saturated carbocycles. The van der Waals surface area contributed by atoms with Gasteiger partial charge >= 0.3 is 0 Å². The minimum Gasteiger partial charge on any atom is -0.314 e. The molecule has 11 heavy (non-hydrogen) atoms. The van der Waals surface area contributed by atoms with E-state index >= 15 is 0 Å². The summed E-state index contributed by atoms with van der Waals surface area (Å²) in [5.74, 6) is 1.83. The average Bonchev–Trinajstić information content (AvgIpc) is 2.31. The van der Waals surface area contributed by atoms with Crippen LogP contribution in [-0.2, 0) is 0 Å². The quantitative estimate of drug-likeness (QED) is 0.660. The highest BCUT2D eigenvalue weighted by Gasteiger charge is 2.21. The molecule has 1 heterocycles. The number of nitrogens with one attached hydrogen (secondary N) is 1. The molecule has 0 bridgehead atoms. The molecule has 66 valence electrons. The second kappa shape index (κ2) is 4.10. The highest BCUT2D eigenvalue weighted by atomic mass is 14.9. The fraction of sp³-hybridized carbons (Fsp3) is 1.00. The van der Waals surface area contributed by atoms with Crippen molar-refractivity contribution in [2.24, 2.45) is 11.8 Å². The van der Waals surface area contributed by atoms with E-state index in [9.17, 15) is 0 Å². The average molecular weight is 155 g/mol. The third-order valence-electron chi connectivity index (χ3n) is 2.80. The molecule has 0 aromatic heterocycles. The molecular formula is C10H21N. The van der Waals surface area contributed by atoms with E-state index in [0.29, 0.717) is 0 Å². The van der Waals surface area contributed by atoms with E-state index in [-0.39, 0.29) is 0 Å². The first-order valence-corrected chi connectivity index (χ1v) is 4.93. The highest BCUT2D eigenvalue weighted by molar-refractivity contribution is 4.79. The van der Waals surface area contributed by atoms with Crippen LogP contribution in [0.4, 0.5) is 0 Å². The van der Waals surface area contributed by atoms with Crippen LogP contribution in [0.15, 0.2) is 0 Å². The Balaban J connectivity index is 2.15. The van der Waals surface area contributed by atoms with Crippen LogP contribution in [0.25, 0.3) is 0 Å². The molecule has 0 aromatic rings. The Labute approximate surface area is 70.6 Å². The normalized spacial score (nSPS) is 31.6. The van der Waals surface area contributed by atoms with Crippen molar-refractivity contribution in [3.05, 3.63) is 0 Å². The van der Waals surface area contributed by atoms with Crippen molar-refractivity contribution in [2.75, 3.05) is 6.54 Å². The Morgan fingerprint density at radius 3 is 2.64 bits per heavy atom. The number of hydrogen-bond donors (Lipinski definition) is 1. The zero-order valence-electron chi connectivity index (χ0n) is 8.06. The summed E-state index contributed by atoms with van der Waals surface area (Å²) in [6.45, 7) is 8.18. The minimum atomic E-state index is 0.772. The molecule has 1 saturated heterocycles. The Bertz CT molecular complexity index is 109. The monoisotopic (exact) mass is 155 g/mol. The summed E-state index contributed by atoms with van der Waals surface area (Å²) in [5, 5.41) is 3.49. The third-order valence-corrected chi connectivity index (χ3v) is 2.80. The fourth-order valence-corrected chi connectivity index (χ4v) is 1.85. The lowest BCUT2D eigenvalue weighted by Crippen LogP contribution is -2.22. The van der Waals surface area contributed by atoms with Gasteiger partial charge < -0.3 is 5.32 Å². The van der Waals surface area contributed by atoms with Gasteiger partial charge in [0.15, 0.2) is 0 Å². The van der Waals surface area contributed by atoms with Gasteiger partial charge in [-0.25, -0.2) is 0 Å². The van der Waals surface area contributed by atoms with Gasteiger partial charge in [0.1, 0.15) is 0 Å². The van der Waals surface area contributed by atoms with E-state index in [1.165, 1.54) is 25.8 Å². The van der Waals surface area contributed by atoms with Crippen LogP contribution in [0.5, 0.6) is 0 Å². The van der Waals surface area contributed by atoms with E-state index in [4.69, 9.17) is 0 Å². The molecule has 2 unspecified atom stereocenters. The first-order chi connectivity index (χ1) is 5.20. The van der Waals surface area contributed by atoms with Gasteiger partial charge in [-0.3, -0.25) is 0 Å². The van der Waals surface area contributed by atoms with Crippen molar-refractivity contribution in [3.8, 4) is 0 Å². The molecule has 1 N–H and O–H groups in total. The molecule has 2 atom stereocenters. The molecular weight excluding hydrogens is 134 g/mol. The first-order valence-electron chi connectivity index (χ1n) is 4.93. The van der Waals surface area contributed by atoms with Crippen LogP contribution in [0.3, 0.4) is 0 Å². The number of rotatable bonds is 3. The Morgan fingerprint density at radius 2 is 2.18 bits per heavy atom. The summed E-state index contributed by atoms with van der Waals surface area (Å²) in [7, 11) is 0. The molecule has 0 spiro atoms. The molecule has 1 heteroatoms. The summed E-state index contributed by atoms with van der Waals surface area (Å²) in [4.78, 5) is 0. The van der Waals surface area contributed by atoms with Gasteiger partial charge in [0.2, 0.25) is 0 Å². The molecule has 0 amide bonds. The minimum absolute atomic E-state index is 0.772. The Hall–Kier alpha value is -0.0400. The van der Waals surface area contributed by atoms with E-state index < -0.39 is 0 Å². The molecule has 1 aliphatic rings. The zero-order valence-corrected chi connectivity index (χ0v) is 8.06. The highest BCUT2D eigenvalue weighted by Crippen LogP contribution is 2.22. The second-order valence-corrected chi connectivity index (χ2v) is 4.26. The molecule has 1 nitrogen and oxygen atoms in total. The summed E-state index contributed by atoms with van der Waals surface area (Å²) >= 11 is 0. The van der Waals surface area contributed by atoms with Gasteiger partial charge in [-0.05, 0) is 38.1 Å². The Kier molecular flexibility index (Phi) is 3.38. The van der Waals surface area contributed by atoms with Crippen LogP contribution in [-0.4, -0.2) is 12.6 Å². The van der Waals surface area contributed by atoms with Crippen LogP contribution < -0.4 is 5.32 Å². The van der Waals surface area contributed by atoms with Gasteiger partial charge in [-0.2, -0.15) is 0 Å². The van der Waals surface area contributed by atoms with Gasteiger partial charge in [-0.1, -0.05) is 20.3 Å². The molecule has 0 radical (unpaired) electrons. The summed E-state index contributed by atoms with van der Waals surface area (Å²) in [6.07, 6.45) is 4.22. The zero-order chi connectivity index (χ0) is 8.27. The molecule has 0 aliphatic carbocycles.